The molecule has 2 aromatic rings. The van der Waals surface area contributed by atoms with Gasteiger partial charge in [0.15, 0.2) is 0 Å². The van der Waals surface area contributed by atoms with Gasteiger partial charge in [-0.3, -0.25) is 4.79 Å². The maximum absolute atomic E-state index is 12.3. The Kier molecular flexibility index (Phi) is 8.07. The van der Waals surface area contributed by atoms with Crippen molar-refractivity contribution in [1.29, 1.82) is 0 Å². The Labute approximate surface area is 164 Å². The van der Waals surface area contributed by atoms with E-state index < -0.39 is 5.97 Å². The first-order chi connectivity index (χ1) is 13.1. The largest absolute Gasteiger partial charge is 0.494 e. The summed E-state index contributed by atoms with van der Waals surface area (Å²) in [4.78, 5) is 25.3. The fraction of sp³-hybridized carbons (Fsp3) is 0.333. The van der Waals surface area contributed by atoms with Gasteiger partial charge in [0.25, 0.3) is 0 Å². The molecule has 0 aliphatic rings. The first kappa shape index (κ1) is 20.7. The summed E-state index contributed by atoms with van der Waals surface area (Å²) >= 11 is 1.39. The van der Waals surface area contributed by atoms with Gasteiger partial charge in [-0.25, -0.2) is 4.79 Å². The Morgan fingerprint density at radius 2 is 1.89 bits per heavy atom. The zero-order chi connectivity index (χ0) is 19.6. The number of thiophene rings is 1. The van der Waals surface area contributed by atoms with Crippen molar-refractivity contribution >= 4 is 34.3 Å². The van der Waals surface area contributed by atoms with E-state index in [1.807, 2.05) is 31.2 Å². The highest BCUT2D eigenvalue weighted by atomic mass is 32.1. The SMILES string of the molecule is CCCOc1ccc(/C=C/C(=O)Nc2sc(CC)cc2C(=O)OCC)cc1. The molecule has 27 heavy (non-hydrogen) atoms. The van der Waals surface area contributed by atoms with Gasteiger partial charge in [-0.2, -0.15) is 0 Å². The van der Waals surface area contributed by atoms with Crippen molar-refractivity contribution in [2.45, 2.75) is 33.6 Å². The number of hydrogen-bond acceptors (Lipinski definition) is 5. The molecule has 0 saturated carbocycles. The van der Waals surface area contributed by atoms with E-state index in [1.165, 1.54) is 17.4 Å². The second kappa shape index (κ2) is 10.5. The molecule has 5 nitrogen and oxygen atoms in total. The summed E-state index contributed by atoms with van der Waals surface area (Å²) in [7, 11) is 0. The molecule has 0 atom stereocenters. The first-order valence-electron chi connectivity index (χ1n) is 9.09. The number of anilines is 1. The van der Waals surface area contributed by atoms with Crippen molar-refractivity contribution in [1.82, 2.24) is 0 Å². The van der Waals surface area contributed by atoms with Crippen molar-refractivity contribution in [3.63, 3.8) is 0 Å². The molecule has 1 N–H and O–H groups in total. The van der Waals surface area contributed by atoms with E-state index in [1.54, 1.807) is 19.1 Å². The number of aryl methyl sites for hydroxylation is 1. The summed E-state index contributed by atoms with van der Waals surface area (Å²) in [5.74, 6) is 0.0926. The van der Waals surface area contributed by atoms with Gasteiger partial charge in [0.05, 0.1) is 18.8 Å². The maximum Gasteiger partial charge on any atom is 0.341 e. The number of esters is 1. The lowest BCUT2D eigenvalue weighted by molar-refractivity contribution is -0.111. The Balaban J connectivity index is 2.03. The molecule has 1 aromatic heterocycles. The number of amides is 1. The lowest BCUT2D eigenvalue weighted by atomic mass is 10.2. The Morgan fingerprint density at radius 1 is 1.15 bits per heavy atom. The highest BCUT2D eigenvalue weighted by Gasteiger charge is 2.17. The predicted molar refractivity (Wildman–Crippen MR) is 110 cm³/mol. The van der Waals surface area contributed by atoms with Crippen LogP contribution in [0.5, 0.6) is 5.75 Å². The summed E-state index contributed by atoms with van der Waals surface area (Å²) < 4.78 is 10.6. The smallest absolute Gasteiger partial charge is 0.341 e. The molecule has 144 valence electrons. The average Bonchev–Trinajstić information content (AvgIpc) is 3.08. The minimum absolute atomic E-state index is 0.293. The molecule has 0 aliphatic carbocycles. The molecule has 6 heteroatoms. The standard InChI is InChI=1S/C21H25NO4S/c1-4-13-26-16-10-7-15(8-11-16)9-12-19(23)22-20-18(21(24)25-6-3)14-17(5-2)27-20/h7-12,14H,4-6,13H2,1-3H3,(H,22,23)/b12-9+. The zero-order valence-corrected chi connectivity index (χ0v) is 16.7. The third-order valence-corrected chi connectivity index (χ3v) is 4.84. The molecule has 1 amide bonds. The van der Waals surface area contributed by atoms with Crippen LogP contribution in [0.4, 0.5) is 5.00 Å². The van der Waals surface area contributed by atoms with E-state index in [4.69, 9.17) is 9.47 Å². The molecule has 0 radical (unpaired) electrons. The lowest BCUT2D eigenvalue weighted by Crippen LogP contribution is -2.11. The van der Waals surface area contributed by atoms with Crippen molar-refractivity contribution in [2.75, 3.05) is 18.5 Å². The van der Waals surface area contributed by atoms with Gasteiger partial charge in [0.2, 0.25) is 5.91 Å². The third kappa shape index (κ3) is 6.25. The van der Waals surface area contributed by atoms with Crippen LogP contribution in [0.25, 0.3) is 6.08 Å². The Hall–Kier alpha value is -2.60. The summed E-state index contributed by atoms with van der Waals surface area (Å²) in [6.45, 7) is 6.78. The second-order valence-electron chi connectivity index (χ2n) is 5.77. The van der Waals surface area contributed by atoms with Crippen LogP contribution in [-0.4, -0.2) is 25.1 Å². The summed E-state index contributed by atoms with van der Waals surface area (Å²) in [5, 5.41) is 3.30. The van der Waals surface area contributed by atoms with Crippen molar-refractivity contribution in [3.05, 3.63) is 52.4 Å². The summed E-state index contributed by atoms with van der Waals surface area (Å²) in [5.41, 5.74) is 1.29. The topological polar surface area (TPSA) is 64.6 Å². The third-order valence-electron chi connectivity index (χ3n) is 3.64. The van der Waals surface area contributed by atoms with Gasteiger partial charge >= 0.3 is 5.97 Å². The number of ether oxygens (including phenoxy) is 2. The Bertz CT molecular complexity index is 793. The molecule has 0 spiro atoms. The number of carbonyl (C=O) groups is 2. The number of carbonyl (C=O) groups excluding carboxylic acids is 2. The Morgan fingerprint density at radius 3 is 2.52 bits per heavy atom. The fourth-order valence-electron chi connectivity index (χ4n) is 2.29. The van der Waals surface area contributed by atoms with Crippen molar-refractivity contribution in [3.8, 4) is 5.75 Å². The molecular formula is C21H25NO4S. The fourth-order valence-corrected chi connectivity index (χ4v) is 3.28. The second-order valence-corrected chi connectivity index (χ2v) is 6.91. The molecule has 0 bridgehead atoms. The molecule has 1 heterocycles. The molecule has 0 aliphatic heterocycles. The summed E-state index contributed by atoms with van der Waals surface area (Å²) in [6.07, 6.45) is 4.91. The molecule has 2 rings (SSSR count). The van der Waals surface area contributed by atoms with Crippen LogP contribution < -0.4 is 10.1 Å². The van der Waals surface area contributed by atoms with Gasteiger partial charge in [-0.15, -0.1) is 11.3 Å². The predicted octanol–water partition coefficient (Wildman–Crippen LogP) is 4.93. The number of benzene rings is 1. The van der Waals surface area contributed by atoms with Crippen molar-refractivity contribution < 1.29 is 19.1 Å². The molecule has 0 unspecified atom stereocenters. The highest BCUT2D eigenvalue weighted by molar-refractivity contribution is 7.16. The number of rotatable bonds is 9. The minimum Gasteiger partial charge on any atom is -0.494 e. The minimum atomic E-state index is -0.421. The van der Waals surface area contributed by atoms with Crippen LogP contribution >= 0.6 is 11.3 Å². The molecule has 0 fully saturated rings. The lowest BCUT2D eigenvalue weighted by Gasteiger charge is -2.05. The summed E-state index contributed by atoms with van der Waals surface area (Å²) in [6, 6.07) is 9.30. The van der Waals surface area contributed by atoms with Crippen LogP contribution in [0, 0.1) is 0 Å². The average molecular weight is 388 g/mol. The van der Waals surface area contributed by atoms with Crippen LogP contribution in [0.1, 0.15) is 48.0 Å². The van der Waals surface area contributed by atoms with Gasteiger partial charge < -0.3 is 14.8 Å². The quantitative estimate of drug-likeness (QED) is 0.489. The van der Waals surface area contributed by atoms with Crippen LogP contribution in [-0.2, 0) is 16.0 Å². The molecule has 1 aromatic carbocycles. The van der Waals surface area contributed by atoms with Crippen LogP contribution in [0.2, 0.25) is 0 Å². The highest BCUT2D eigenvalue weighted by Crippen LogP contribution is 2.29. The van der Waals surface area contributed by atoms with Crippen LogP contribution in [0.15, 0.2) is 36.4 Å². The van der Waals surface area contributed by atoms with E-state index in [2.05, 4.69) is 12.2 Å². The van der Waals surface area contributed by atoms with E-state index in [0.717, 1.165) is 29.0 Å². The maximum atomic E-state index is 12.3. The van der Waals surface area contributed by atoms with E-state index in [0.29, 0.717) is 23.8 Å². The number of hydrogen-bond donors (Lipinski definition) is 1. The van der Waals surface area contributed by atoms with Gasteiger partial charge in [-0.1, -0.05) is 26.0 Å². The zero-order valence-electron chi connectivity index (χ0n) is 15.9. The monoisotopic (exact) mass is 387 g/mol. The first-order valence-corrected chi connectivity index (χ1v) is 9.90. The van der Waals surface area contributed by atoms with Gasteiger partial charge in [-0.05, 0) is 49.6 Å². The van der Waals surface area contributed by atoms with Gasteiger partial charge in [0, 0.05) is 11.0 Å². The molecule has 0 saturated heterocycles. The normalized spacial score (nSPS) is 10.8. The number of nitrogens with one attached hydrogen (secondary N) is 1. The molecular weight excluding hydrogens is 362 g/mol. The van der Waals surface area contributed by atoms with E-state index in [9.17, 15) is 9.59 Å². The van der Waals surface area contributed by atoms with E-state index >= 15 is 0 Å². The van der Waals surface area contributed by atoms with Crippen molar-refractivity contribution in [2.24, 2.45) is 0 Å². The van der Waals surface area contributed by atoms with E-state index in [-0.39, 0.29) is 5.91 Å². The van der Waals surface area contributed by atoms with Gasteiger partial charge in [0.1, 0.15) is 10.8 Å². The van der Waals surface area contributed by atoms with Crippen LogP contribution in [0.3, 0.4) is 0 Å².